The Balaban J connectivity index is 2.10. The first-order valence-electron chi connectivity index (χ1n) is 7.84. The minimum atomic E-state index is -0.131. The van der Waals surface area contributed by atoms with Crippen LogP contribution < -0.4 is 5.32 Å². The molecule has 120 valence electrons. The smallest absolute Gasteiger partial charge is 0.233 e. The maximum Gasteiger partial charge on any atom is 0.233 e. The van der Waals surface area contributed by atoms with E-state index in [4.69, 9.17) is 14.0 Å². The average molecular weight is 297 g/mol. The first kappa shape index (κ1) is 16.4. The Labute approximate surface area is 126 Å². The van der Waals surface area contributed by atoms with Gasteiger partial charge in [-0.05, 0) is 25.3 Å². The van der Waals surface area contributed by atoms with Gasteiger partial charge in [-0.3, -0.25) is 0 Å². The maximum atomic E-state index is 5.59. The highest BCUT2D eigenvalue weighted by Gasteiger charge is 2.32. The molecule has 1 saturated heterocycles. The third-order valence-corrected chi connectivity index (χ3v) is 3.90. The average Bonchev–Trinajstić information content (AvgIpc) is 2.95. The van der Waals surface area contributed by atoms with Crippen molar-refractivity contribution in [3.05, 3.63) is 11.7 Å². The van der Waals surface area contributed by atoms with Crippen LogP contribution in [-0.4, -0.2) is 43.1 Å². The van der Waals surface area contributed by atoms with Gasteiger partial charge >= 0.3 is 0 Å². The Morgan fingerprint density at radius 1 is 1.43 bits per heavy atom. The number of nitrogens with one attached hydrogen (secondary N) is 1. The van der Waals surface area contributed by atoms with Crippen molar-refractivity contribution in [3.8, 4) is 0 Å². The monoisotopic (exact) mass is 297 g/mol. The van der Waals surface area contributed by atoms with Crippen LogP contribution in [0.1, 0.15) is 57.3 Å². The van der Waals surface area contributed by atoms with E-state index < -0.39 is 0 Å². The summed E-state index contributed by atoms with van der Waals surface area (Å²) in [6.07, 6.45) is 1.95. The van der Waals surface area contributed by atoms with Crippen molar-refractivity contribution >= 4 is 0 Å². The van der Waals surface area contributed by atoms with Crippen LogP contribution in [-0.2, 0) is 9.47 Å². The summed E-state index contributed by atoms with van der Waals surface area (Å²) in [5.74, 6) is 1.71. The van der Waals surface area contributed by atoms with Crippen molar-refractivity contribution in [2.75, 3.05) is 26.9 Å². The largest absolute Gasteiger partial charge is 0.381 e. The number of rotatable bonds is 7. The molecule has 6 heteroatoms. The summed E-state index contributed by atoms with van der Waals surface area (Å²) in [5, 5.41) is 7.66. The number of methoxy groups -OCH3 is 1. The van der Waals surface area contributed by atoms with Gasteiger partial charge < -0.3 is 19.3 Å². The van der Waals surface area contributed by atoms with Crippen LogP contribution in [0.3, 0.4) is 0 Å². The summed E-state index contributed by atoms with van der Waals surface area (Å²) < 4.78 is 16.5. The Morgan fingerprint density at radius 3 is 2.90 bits per heavy atom. The molecule has 3 unspecified atom stereocenters. The van der Waals surface area contributed by atoms with Gasteiger partial charge in [0.1, 0.15) is 6.10 Å². The van der Waals surface area contributed by atoms with E-state index in [9.17, 15) is 0 Å². The minimum Gasteiger partial charge on any atom is -0.381 e. The maximum absolute atomic E-state index is 5.59. The molecule has 0 spiro atoms. The molecule has 1 aliphatic heterocycles. The van der Waals surface area contributed by atoms with Gasteiger partial charge in [0.2, 0.25) is 11.7 Å². The van der Waals surface area contributed by atoms with Gasteiger partial charge in [0.25, 0.3) is 0 Å². The van der Waals surface area contributed by atoms with E-state index in [1.165, 1.54) is 0 Å². The normalized spacial score (nSPS) is 24.4. The Bertz CT molecular complexity index is 422. The summed E-state index contributed by atoms with van der Waals surface area (Å²) >= 11 is 0. The molecule has 0 aromatic carbocycles. The van der Waals surface area contributed by atoms with Gasteiger partial charge in [0.05, 0.1) is 12.5 Å². The number of aromatic nitrogens is 2. The Hall–Kier alpha value is -0.980. The lowest BCUT2D eigenvalue weighted by atomic mass is 9.95. The molecule has 2 heterocycles. The van der Waals surface area contributed by atoms with Crippen molar-refractivity contribution in [3.63, 3.8) is 0 Å². The fourth-order valence-electron chi connectivity index (χ4n) is 2.74. The van der Waals surface area contributed by atoms with E-state index in [2.05, 4.69) is 36.2 Å². The third kappa shape index (κ3) is 4.02. The molecule has 0 saturated carbocycles. The van der Waals surface area contributed by atoms with Crippen molar-refractivity contribution in [1.82, 2.24) is 15.5 Å². The molecule has 0 bridgehead atoms. The van der Waals surface area contributed by atoms with Crippen LogP contribution in [0.2, 0.25) is 0 Å². The number of ether oxygens (including phenoxy) is 2. The molecule has 2 rings (SSSR count). The summed E-state index contributed by atoms with van der Waals surface area (Å²) in [4.78, 5) is 4.56. The third-order valence-electron chi connectivity index (χ3n) is 3.90. The first-order chi connectivity index (χ1) is 10.2. The van der Waals surface area contributed by atoms with Crippen LogP contribution in [0.25, 0.3) is 0 Å². The molecule has 1 aliphatic rings. The molecule has 0 aliphatic carbocycles. The lowest BCUT2D eigenvalue weighted by Crippen LogP contribution is -2.41. The second-order valence-corrected chi connectivity index (χ2v) is 5.92. The zero-order valence-corrected chi connectivity index (χ0v) is 13.5. The molecule has 3 atom stereocenters. The molecular formula is C15H27N3O3. The highest BCUT2D eigenvalue weighted by atomic mass is 16.5. The summed E-state index contributed by atoms with van der Waals surface area (Å²) in [6, 6.07) is 0.340. The van der Waals surface area contributed by atoms with E-state index in [-0.39, 0.29) is 12.0 Å². The second-order valence-electron chi connectivity index (χ2n) is 5.92. The van der Waals surface area contributed by atoms with Gasteiger partial charge in [-0.15, -0.1) is 0 Å². The lowest BCUT2D eigenvalue weighted by Gasteiger charge is -2.29. The lowest BCUT2D eigenvalue weighted by molar-refractivity contribution is 0.0496. The van der Waals surface area contributed by atoms with Crippen LogP contribution in [0.5, 0.6) is 0 Å². The number of hydrogen-bond acceptors (Lipinski definition) is 6. The summed E-state index contributed by atoms with van der Waals surface area (Å²) in [5.41, 5.74) is 0. The Kier molecular flexibility index (Phi) is 6.14. The van der Waals surface area contributed by atoms with E-state index in [0.717, 1.165) is 26.0 Å². The summed E-state index contributed by atoms with van der Waals surface area (Å²) in [7, 11) is 1.68. The number of nitrogens with zero attached hydrogens (tertiary/aromatic N) is 2. The zero-order valence-electron chi connectivity index (χ0n) is 13.5. The molecule has 0 radical (unpaired) electrons. The predicted octanol–water partition coefficient (Wildman–Crippen LogP) is 2.29. The quantitative estimate of drug-likeness (QED) is 0.832. The molecule has 6 nitrogen and oxygen atoms in total. The van der Waals surface area contributed by atoms with Gasteiger partial charge in [-0.1, -0.05) is 25.9 Å². The van der Waals surface area contributed by atoms with E-state index in [0.29, 0.717) is 30.3 Å². The fourth-order valence-corrected chi connectivity index (χ4v) is 2.74. The predicted molar refractivity (Wildman–Crippen MR) is 79.1 cm³/mol. The van der Waals surface area contributed by atoms with Crippen molar-refractivity contribution in [1.29, 1.82) is 0 Å². The number of hydrogen-bond donors (Lipinski definition) is 1. The molecule has 0 amide bonds. The molecule has 1 aromatic rings. The second kappa shape index (κ2) is 7.87. The highest BCUT2D eigenvalue weighted by Crippen LogP contribution is 2.28. The molecule has 1 aromatic heterocycles. The van der Waals surface area contributed by atoms with Crippen LogP contribution >= 0.6 is 0 Å². The fraction of sp³-hybridized carbons (Fsp3) is 0.867. The highest BCUT2D eigenvalue weighted by molar-refractivity contribution is 5.03. The van der Waals surface area contributed by atoms with Crippen LogP contribution in [0.15, 0.2) is 4.52 Å². The van der Waals surface area contributed by atoms with E-state index in [1.54, 1.807) is 7.11 Å². The molecule has 1 N–H and O–H groups in total. The van der Waals surface area contributed by atoms with Crippen LogP contribution in [0, 0.1) is 5.92 Å². The van der Waals surface area contributed by atoms with Crippen LogP contribution in [0.4, 0.5) is 0 Å². The Morgan fingerprint density at radius 2 is 2.24 bits per heavy atom. The minimum absolute atomic E-state index is 0.121. The van der Waals surface area contributed by atoms with E-state index >= 15 is 0 Å². The van der Waals surface area contributed by atoms with Gasteiger partial charge in [-0.25, -0.2) is 0 Å². The summed E-state index contributed by atoms with van der Waals surface area (Å²) in [6.45, 7) is 8.74. The molecule has 1 fully saturated rings. The standard InChI is InChI=1S/C15H27N3O3/c1-5-7-16-12-6-8-20-9-11(12)15-17-14(18-21-15)13(19-4)10(2)3/h10-13,16H,5-9H2,1-4H3. The SMILES string of the molecule is CCCNC1CCOCC1c1nc(C(OC)C(C)C)no1. The van der Waals surface area contributed by atoms with Gasteiger partial charge in [0.15, 0.2) is 0 Å². The van der Waals surface area contributed by atoms with E-state index in [1.807, 2.05) is 0 Å². The topological polar surface area (TPSA) is 69.4 Å². The van der Waals surface area contributed by atoms with Crippen molar-refractivity contribution in [2.24, 2.45) is 5.92 Å². The van der Waals surface area contributed by atoms with Crippen molar-refractivity contribution in [2.45, 2.75) is 51.7 Å². The van der Waals surface area contributed by atoms with Crippen molar-refractivity contribution < 1.29 is 14.0 Å². The van der Waals surface area contributed by atoms with Gasteiger partial charge in [0, 0.05) is 19.8 Å². The molecule has 21 heavy (non-hydrogen) atoms. The molecular weight excluding hydrogens is 270 g/mol. The first-order valence-corrected chi connectivity index (χ1v) is 7.84. The van der Waals surface area contributed by atoms with Gasteiger partial charge in [-0.2, -0.15) is 4.98 Å². The zero-order chi connectivity index (χ0) is 15.2.